The van der Waals surface area contributed by atoms with Gasteiger partial charge in [0.25, 0.3) is 5.91 Å². The Morgan fingerprint density at radius 2 is 1.81 bits per heavy atom. The Morgan fingerprint density at radius 3 is 2.50 bits per heavy atom. The van der Waals surface area contributed by atoms with Crippen molar-refractivity contribution in [2.75, 3.05) is 4.90 Å². The number of aliphatic hydroxyl groups is 1. The molecule has 1 aromatic heterocycles. The molecule has 2 fully saturated rings. The number of halogens is 1. The lowest BCUT2D eigenvalue weighted by molar-refractivity contribution is -0.138. The highest BCUT2D eigenvalue weighted by Crippen LogP contribution is 2.52. The number of fused-ring (bicyclic) bond motifs is 1. The van der Waals surface area contributed by atoms with E-state index in [0.717, 1.165) is 18.4 Å². The number of anilines is 2. The van der Waals surface area contributed by atoms with Crippen molar-refractivity contribution in [3.63, 3.8) is 0 Å². The molecule has 3 aliphatic rings. The van der Waals surface area contributed by atoms with Crippen molar-refractivity contribution in [2.24, 2.45) is 5.92 Å². The second-order valence-corrected chi connectivity index (χ2v) is 9.54. The molecular formula is C28H24FN3O4. The van der Waals surface area contributed by atoms with Gasteiger partial charge in [0.2, 0.25) is 0 Å². The standard InChI is InChI=1S/C28H24FN3O4/c29-23-18(20-13-21(20)28(35)36)11-10-17(15-5-2-1-3-6-15)24(23)32-14-22(27(34)31-16-8-9-16)25(33)19-7-4-12-30-26(19)32/h1-7,10-12,14,16,20-21,25,33H,8-9,13H2,(H,31,34)(H,35,36). The Kier molecular flexibility index (Phi) is 5.34. The molecular weight excluding hydrogens is 461 g/mol. The van der Waals surface area contributed by atoms with Crippen LogP contribution in [0.5, 0.6) is 0 Å². The van der Waals surface area contributed by atoms with Crippen LogP contribution >= 0.6 is 0 Å². The largest absolute Gasteiger partial charge is 0.481 e. The van der Waals surface area contributed by atoms with E-state index in [1.54, 1.807) is 30.5 Å². The lowest BCUT2D eigenvalue weighted by Crippen LogP contribution is -2.33. The molecule has 0 radical (unpaired) electrons. The van der Waals surface area contributed by atoms with E-state index < -0.39 is 35.6 Å². The zero-order chi connectivity index (χ0) is 25.0. The van der Waals surface area contributed by atoms with Gasteiger partial charge in [-0.2, -0.15) is 0 Å². The highest BCUT2D eigenvalue weighted by atomic mass is 19.1. The van der Waals surface area contributed by atoms with Crippen molar-refractivity contribution < 1.29 is 24.2 Å². The third-order valence-corrected chi connectivity index (χ3v) is 7.06. The Morgan fingerprint density at radius 1 is 1.03 bits per heavy atom. The number of nitrogens with zero attached hydrogens (tertiary/aromatic N) is 2. The number of aliphatic hydroxyl groups excluding tert-OH is 1. The number of hydrogen-bond donors (Lipinski definition) is 3. The summed E-state index contributed by atoms with van der Waals surface area (Å²) in [6, 6.07) is 16.1. The monoisotopic (exact) mass is 485 g/mol. The van der Waals surface area contributed by atoms with Gasteiger partial charge in [-0.1, -0.05) is 48.5 Å². The van der Waals surface area contributed by atoms with Crippen LogP contribution in [0.2, 0.25) is 0 Å². The van der Waals surface area contributed by atoms with Crippen LogP contribution in [0.4, 0.5) is 15.9 Å². The fraction of sp³-hybridized carbons (Fsp3) is 0.250. The summed E-state index contributed by atoms with van der Waals surface area (Å²) in [5.74, 6) is -2.65. The number of carbonyl (C=O) groups excluding carboxylic acids is 1. The first-order valence-electron chi connectivity index (χ1n) is 12.0. The van der Waals surface area contributed by atoms with Crippen LogP contribution in [-0.2, 0) is 9.59 Å². The number of carbonyl (C=O) groups is 2. The molecule has 0 bridgehead atoms. The summed E-state index contributed by atoms with van der Waals surface area (Å²) in [4.78, 5) is 30.5. The van der Waals surface area contributed by atoms with Crippen LogP contribution in [0.3, 0.4) is 0 Å². The van der Waals surface area contributed by atoms with Crippen LogP contribution in [0.25, 0.3) is 11.1 Å². The molecule has 2 aromatic carbocycles. The summed E-state index contributed by atoms with van der Waals surface area (Å²) < 4.78 is 16.4. The second-order valence-electron chi connectivity index (χ2n) is 9.54. The fourth-order valence-corrected chi connectivity index (χ4v) is 4.88. The van der Waals surface area contributed by atoms with Crippen molar-refractivity contribution >= 4 is 23.4 Å². The van der Waals surface area contributed by atoms with E-state index in [1.807, 2.05) is 30.3 Å². The molecule has 1 amide bonds. The maximum atomic E-state index is 16.4. The molecule has 182 valence electrons. The summed E-state index contributed by atoms with van der Waals surface area (Å²) >= 11 is 0. The molecule has 3 unspecified atom stereocenters. The quantitative estimate of drug-likeness (QED) is 0.478. The van der Waals surface area contributed by atoms with Gasteiger partial charge in [-0.25, -0.2) is 9.37 Å². The highest BCUT2D eigenvalue weighted by Gasteiger charge is 2.46. The van der Waals surface area contributed by atoms with Crippen LogP contribution in [0.1, 0.15) is 42.4 Å². The van der Waals surface area contributed by atoms with Crippen LogP contribution in [0, 0.1) is 11.7 Å². The maximum Gasteiger partial charge on any atom is 0.307 e. The number of carboxylic acid groups (broad SMARTS) is 1. The van der Waals surface area contributed by atoms with Gasteiger partial charge in [0.15, 0.2) is 5.82 Å². The second kappa shape index (κ2) is 8.57. The van der Waals surface area contributed by atoms with E-state index in [4.69, 9.17) is 0 Å². The molecule has 7 nitrogen and oxygen atoms in total. The molecule has 3 atom stereocenters. The number of benzene rings is 2. The van der Waals surface area contributed by atoms with E-state index in [0.29, 0.717) is 28.9 Å². The molecule has 3 N–H and O–H groups in total. The lowest BCUT2D eigenvalue weighted by Gasteiger charge is -2.32. The average molecular weight is 486 g/mol. The Balaban J connectivity index is 1.55. The SMILES string of the molecule is O=C(NC1CC1)C1=CN(c2c(-c3ccccc3)ccc(C3CC3C(=O)O)c2F)c2ncccc2C1O. The predicted molar refractivity (Wildman–Crippen MR) is 131 cm³/mol. The zero-order valence-corrected chi connectivity index (χ0v) is 19.3. The van der Waals surface area contributed by atoms with Gasteiger partial charge in [0.1, 0.15) is 11.9 Å². The van der Waals surface area contributed by atoms with Gasteiger partial charge in [-0.05, 0) is 36.5 Å². The summed E-state index contributed by atoms with van der Waals surface area (Å²) in [5, 5.41) is 23.4. The van der Waals surface area contributed by atoms with E-state index >= 15 is 4.39 Å². The number of aliphatic carboxylic acids is 1. The van der Waals surface area contributed by atoms with E-state index in [1.165, 1.54) is 11.1 Å². The maximum absolute atomic E-state index is 16.4. The van der Waals surface area contributed by atoms with Crippen molar-refractivity contribution in [1.82, 2.24) is 10.3 Å². The van der Waals surface area contributed by atoms with E-state index in [9.17, 15) is 19.8 Å². The molecule has 2 aliphatic carbocycles. The van der Waals surface area contributed by atoms with Gasteiger partial charge in [-0.15, -0.1) is 0 Å². The molecule has 2 heterocycles. The average Bonchev–Trinajstić information content (AvgIpc) is 3.81. The number of nitrogens with one attached hydrogen (secondary N) is 1. The smallest absolute Gasteiger partial charge is 0.307 e. The van der Waals surface area contributed by atoms with Gasteiger partial charge < -0.3 is 15.5 Å². The number of carboxylic acids is 1. The predicted octanol–water partition coefficient (Wildman–Crippen LogP) is 4.42. The molecule has 1 aliphatic heterocycles. The van der Waals surface area contributed by atoms with Crippen LogP contribution < -0.4 is 10.2 Å². The minimum absolute atomic E-state index is 0.0807. The zero-order valence-electron chi connectivity index (χ0n) is 19.3. The van der Waals surface area contributed by atoms with Gasteiger partial charge in [0, 0.05) is 35.5 Å². The first-order valence-corrected chi connectivity index (χ1v) is 12.0. The van der Waals surface area contributed by atoms with Gasteiger partial charge >= 0.3 is 5.97 Å². The fourth-order valence-electron chi connectivity index (χ4n) is 4.88. The van der Waals surface area contributed by atoms with Crippen molar-refractivity contribution in [1.29, 1.82) is 0 Å². The minimum atomic E-state index is -1.21. The first kappa shape index (κ1) is 22.4. The molecule has 3 aromatic rings. The lowest BCUT2D eigenvalue weighted by atomic mass is 9.94. The number of aromatic nitrogens is 1. The Labute approximate surface area is 206 Å². The number of amides is 1. The van der Waals surface area contributed by atoms with E-state index in [2.05, 4.69) is 10.3 Å². The normalized spacial score (nSPS) is 22.4. The molecule has 6 rings (SSSR count). The van der Waals surface area contributed by atoms with Crippen molar-refractivity contribution in [3.05, 3.63) is 89.5 Å². The first-order chi connectivity index (χ1) is 17.4. The summed E-state index contributed by atoms with van der Waals surface area (Å²) in [6.45, 7) is 0. The Hall–Kier alpha value is -4.04. The summed E-state index contributed by atoms with van der Waals surface area (Å²) in [6.07, 6.45) is 3.93. The van der Waals surface area contributed by atoms with Crippen LogP contribution in [0.15, 0.2) is 72.6 Å². The van der Waals surface area contributed by atoms with Gasteiger partial charge in [0.05, 0.1) is 17.2 Å². The molecule has 36 heavy (non-hydrogen) atoms. The van der Waals surface area contributed by atoms with Crippen molar-refractivity contribution in [3.8, 4) is 11.1 Å². The number of pyridine rings is 1. The topological polar surface area (TPSA) is 103 Å². The third kappa shape index (κ3) is 3.83. The Bertz CT molecular complexity index is 1400. The molecule has 0 saturated heterocycles. The summed E-state index contributed by atoms with van der Waals surface area (Å²) in [7, 11) is 0. The number of rotatable bonds is 6. The van der Waals surface area contributed by atoms with Crippen LogP contribution in [-0.4, -0.2) is 33.1 Å². The molecule has 0 spiro atoms. The summed E-state index contributed by atoms with van der Waals surface area (Å²) in [5.41, 5.74) is 2.29. The minimum Gasteiger partial charge on any atom is -0.481 e. The molecule has 8 heteroatoms. The number of hydrogen-bond acceptors (Lipinski definition) is 5. The molecule has 2 saturated carbocycles. The third-order valence-electron chi connectivity index (χ3n) is 7.06. The van der Waals surface area contributed by atoms with E-state index in [-0.39, 0.29) is 17.3 Å². The highest BCUT2D eigenvalue weighted by molar-refractivity contribution is 5.98. The van der Waals surface area contributed by atoms with Crippen molar-refractivity contribution in [2.45, 2.75) is 37.3 Å². The van der Waals surface area contributed by atoms with Gasteiger partial charge in [-0.3, -0.25) is 14.5 Å².